The fraction of sp³-hybridized carbons (Fsp3) is 0.235. The summed E-state index contributed by atoms with van der Waals surface area (Å²) in [6.07, 6.45) is 0. The number of benzene rings is 2. The molecule has 0 saturated heterocycles. The van der Waals surface area contributed by atoms with Crippen molar-refractivity contribution in [1.29, 1.82) is 0 Å². The number of halogens is 2. The summed E-state index contributed by atoms with van der Waals surface area (Å²) in [6.45, 7) is 2.26. The van der Waals surface area contributed by atoms with Gasteiger partial charge in [-0.25, -0.2) is 4.39 Å². The van der Waals surface area contributed by atoms with Gasteiger partial charge < -0.3 is 14.8 Å². The van der Waals surface area contributed by atoms with Crippen LogP contribution in [0.4, 0.5) is 4.39 Å². The molecule has 0 saturated carbocycles. The van der Waals surface area contributed by atoms with E-state index in [1.54, 1.807) is 18.2 Å². The van der Waals surface area contributed by atoms with E-state index >= 15 is 0 Å². The van der Waals surface area contributed by atoms with Crippen LogP contribution in [-0.2, 0) is 4.79 Å². The third-order valence-corrected chi connectivity index (χ3v) is 3.44. The van der Waals surface area contributed by atoms with Gasteiger partial charge in [0.1, 0.15) is 12.4 Å². The van der Waals surface area contributed by atoms with Crippen molar-refractivity contribution in [3.05, 3.63) is 58.9 Å². The van der Waals surface area contributed by atoms with Crippen LogP contribution in [0.2, 0.25) is 5.02 Å². The fourth-order valence-corrected chi connectivity index (χ4v) is 1.95. The highest BCUT2D eigenvalue weighted by atomic mass is 35.5. The van der Waals surface area contributed by atoms with Gasteiger partial charge in [0.15, 0.2) is 18.2 Å². The van der Waals surface area contributed by atoms with Gasteiger partial charge in [-0.1, -0.05) is 29.8 Å². The predicted molar refractivity (Wildman–Crippen MR) is 86.6 cm³/mol. The molecule has 2 aromatic rings. The van der Waals surface area contributed by atoms with Crippen molar-refractivity contribution in [2.75, 3.05) is 19.8 Å². The van der Waals surface area contributed by atoms with Crippen molar-refractivity contribution >= 4 is 17.5 Å². The lowest BCUT2D eigenvalue weighted by Gasteiger charge is -2.10. The van der Waals surface area contributed by atoms with Gasteiger partial charge in [-0.05, 0) is 36.8 Å². The van der Waals surface area contributed by atoms with Crippen LogP contribution in [0.15, 0.2) is 42.5 Å². The van der Waals surface area contributed by atoms with Crippen molar-refractivity contribution in [2.24, 2.45) is 0 Å². The van der Waals surface area contributed by atoms with Gasteiger partial charge >= 0.3 is 0 Å². The number of hydrogen-bond acceptors (Lipinski definition) is 3. The molecule has 0 aromatic heterocycles. The highest BCUT2D eigenvalue weighted by Crippen LogP contribution is 2.21. The maximum absolute atomic E-state index is 13.3. The van der Waals surface area contributed by atoms with E-state index in [4.69, 9.17) is 21.1 Å². The summed E-state index contributed by atoms with van der Waals surface area (Å²) in [5, 5.41) is 3.25. The lowest BCUT2D eigenvalue weighted by Crippen LogP contribution is -2.32. The number of rotatable bonds is 7. The second-order valence-corrected chi connectivity index (χ2v) is 5.24. The standard InChI is InChI=1S/C17H17ClFNO3/c1-12-6-7-13(10-14(12)18)22-9-8-20-17(21)11-23-16-5-3-2-4-15(16)19/h2-7,10H,8-9,11H2,1H3,(H,20,21). The van der Waals surface area contributed by atoms with Crippen LogP contribution in [0.1, 0.15) is 5.56 Å². The molecule has 0 bridgehead atoms. The van der Waals surface area contributed by atoms with Crippen molar-refractivity contribution in [3.8, 4) is 11.5 Å². The summed E-state index contributed by atoms with van der Waals surface area (Å²) in [6, 6.07) is 11.3. The smallest absolute Gasteiger partial charge is 0.258 e. The van der Waals surface area contributed by atoms with Crippen LogP contribution in [0.25, 0.3) is 0 Å². The summed E-state index contributed by atoms with van der Waals surface area (Å²) >= 11 is 5.99. The summed E-state index contributed by atoms with van der Waals surface area (Å²) in [5.74, 6) is -0.163. The number of amides is 1. The van der Waals surface area contributed by atoms with E-state index in [0.717, 1.165) is 5.56 Å². The second kappa shape index (κ2) is 8.39. The molecule has 1 amide bonds. The van der Waals surface area contributed by atoms with Gasteiger partial charge in [0, 0.05) is 5.02 Å². The lowest BCUT2D eigenvalue weighted by atomic mass is 10.2. The Kier molecular flexibility index (Phi) is 6.23. The van der Waals surface area contributed by atoms with Crippen LogP contribution in [0.5, 0.6) is 11.5 Å². The van der Waals surface area contributed by atoms with E-state index in [1.165, 1.54) is 12.1 Å². The number of aryl methyl sites for hydroxylation is 1. The Morgan fingerprint density at radius 1 is 1.22 bits per heavy atom. The van der Waals surface area contributed by atoms with Crippen LogP contribution in [0, 0.1) is 12.7 Å². The Morgan fingerprint density at radius 2 is 2.00 bits per heavy atom. The minimum atomic E-state index is -0.500. The van der Waals surface area contributed by atoms with Crippen molar-refractivity contribution in [3.63, 3.8) is 0 Å². The first kappa shape index (κ1) is 17.1. The number of para-hydroxylation sites is 1. The van der Waals surface area contributed by atoms with E-state index in [1.807, 2.05) is 19.1 Å². The second-order valence-electron chi connectivity index (χ2n) is 4.83. The number of carbonyl (C=O) groups is 1. The molecule has 0 spiro atoms. The van der Waals surface area contributed by atoms with E-state index in [2.05, 4.69) is 5.32 Å². The van der Waals surface area contributed by atoms with Gasteiger partial charge in [-0.15, -0.1) is 0 Å². The minimum absolute atomic E-state index is 0.0493. The number of ether oxygens (including phenoxy) is 2. The molecule has 0 radical (unpaired) electrons. The molecule has 122 valence electrons. The SMILES string of the molecule is Cc1ccc(OCCNC(=O)COc2ccccc2F)cc1Cl. The average Bonchev–Trinajstić information content (AvgIpc) is 2.54. The molecule has 1 N–H and O–H groups in total. The molecule has 0 fully saturated rings. The summed E-state index contributed by atoms with van der Waals surface area (Å²) in [7, 11) is 0. The molecular weight excluding hydrogens is 321 g/mol. The normalized spacial score (nSPS) is 10.2. The van der Waals surface area contributed by atoms with E-state index in [-0.39, 0.29) is 18.3 Å². The molecular formula is C17H17ClFNO3. The van der Waals surface area contributed by atoms with Gasteiger partial charge in [0.2, 0.25) is 0 Å². The van der Waals surface area contributed by atoms with Crippen molar-refractivity contribution in [1.82, 2.24) is 5.32 Å². The first-order valence-electron chi connectivity index (χ1n) is 7.09. The molecule has 0 aliphatic heterocycles. The van der Waals surface area contributed by atoms with Crippen LogP contribution in [0.3, 0.4) is 0 Å². The van der Waals surface area contributed by atoms with Gasteiger partial charge in [-0.2, -0.15) is 0 Å². The van der Waals surface area contributed by atoms with Gasteiger partial charge in [-0.3, -0.25) is 4.79 Å². The van der Waals surface area contributed by atoms with Gasteiger partial charge in [0.25, 0.3) is 5.91 Å². The summed E-state index contributed by atoms with van der Waals surface area (Å²) < 4.78 is 23.9. The first-order chi connectivity index (χ1) is 11.1. The third kappa shape index (κ3) is 5.45. The molecule has 0 heterocycles. The largest absolute Gasteiger partial charge is 0.492 e. The fourth-order valence-electron chi connectivity index (χ4n) is 1.78. The lowest BCUT2D eigenvalue weighted by molar-refractivity contribution is -0.123. The topological polar surface area (TPSA) is 47.6 Å². The minimum Gasteiger partial charge on any atom is -0.492 e. The average molecular weight is 338 g/mol. The van der Waals surface area contributed by atoms with Crippen molar-refractivity contribution in [2.45, 2.75) is 6.92 Å². The van der Waals surface area contributed by atoms with Crippen molar-refractivity contribution < 1.29 is 18.7 Å². The molecule has 0 atom stereocenters. The third-order valence-electron chi connectivity index (χ3n) is 3.03. The molecule has 2 rings (SSSR count). The zero-order chi connectivity index (χ0) is 16.7. The first-order valence-corrected chi connectivity index (χ1v) is 7.47. The number of hydrogen-bond donors (Lipinski definition) is 1. The Labute approximate surface area is 139 Å². The molecule has 0 aliphatic rings. The zero-order valence-corrected chi connectivity index (χ0v) is 13.4. The predicted octanol–water partition coefficient (Wildman–Crippen LogP) is 3.36. The molecule has 0 aliphatic carbocycles. The number of nitrogens with one attached hydrogen (secondary N) is 1. The molecule has 2 aromatic carbocycles. The van der Waals surface area contributed by atoms with E-state index < -0.39 is 5.82 Å². The van der Waals surface area contributed by atoms with Crippen LogP contribution < -0.4 is 14.8 Å². The highest BCUT2D eigenvalue weighted by Gasteiger charge is 2.06. The molecule has 23 heavy (non-hydrogen) atoms. The molecule has 4 nitrogen and oxygen atoms in total. The van der Waals surface area contributed by atoms with Crippen LogP contribution >= 0.6 is 11.6 Å². The maximum atomic E-state index is 13.3. The van der Waals surface area contributed by atoms with E-state index in [9.17, 15) is 9.18 Å². The zero-order valence-electron chi connectivity index (χ0n) is 12.6. The Balaban J connectivity index is 1.67. The maximum Gasteiger partial charge on any atom is 0.258 e. The Bertz CT molecular complexity index is 679. The molecule has 0 unspecified atom stereocenters. The molecule has 6 heteroatoms. The monoisotopic (exact) mass is 337 g/mol. The Hall–Kier alpha value is -2.27. The highest BCUT2D eigenvalue weighted by molar-refractivity contribution is 6.31. The van der Waals surface area contributed by atoms with Gasteiger partial charge in [0.05, 0.1) is 6.54 Å². The summed E-state index contributed by atoms with van der Waals surface area (Å²) in [4.78, 5) is 11.6. The number of carbonyl (C=O) groups excluding carboxylic acids is 1. The quantitative estimate of drug-likeness (QED) is 0.788. The Morgan fingerprint density at radius 3 is 2.74 bits per heavy atom. The van der Waals surface area contributed by atoms with E-state index in [0.29, 0.717) is 23.9 Å². The summed E-state index contributed by atoms with van der Waals surface area (Å²) in [5.41, 5.74) is 0.970. The van der Waals surface area contributed by atoms with Crippen LogP contribution in [-0.4, -0.2) is 25.7 Å².